The highest BCUT2D eigenvalue weighted by Gasteiger charge is 2.26. The number of carbonyl (C=O) groups is 1. The van der Waals surface area contributed by atoms with Crippen molar-refractivity contribution in [1.82, 2.24) is 29.3 Å². The molecule has 3 heterocycles. The minimum Gasteiger partial charge on any atom is -0.492 e. The molecule has 5 rings (SSSR count). The molecule has 14 nitrogen and oxygen atoms in total. The third kappa shape index (κ3) is 7.84. The second kappa shape index (κ2) is 14.5. The van der Waals surface area contributed by atoms with Gasteiger partial charge in [-0.1, -0.05) is 11.2 Å². The maximum Gasteiger partial charge on any atom is 0.322 e. The zero-order valence-electron chi connectivity index (χ0n) is 26.2. The number of carbonyl (C=O) groups excluding carboxylic acids is 1. The van der Waals surface area contributed by atoms with Crippen LogP contribution in [0.3, 0.4) is 0 Å². The van der Waals surface area contributed by atoms with Gasteiger partial charge in [-0.15, -0.1) is 5.10 Å². The minimum atomic E-state index is -4.04. The van der Waals surface area contributed by atoms with Gasteiger partial charge < -0.3 is 34.2 Å². The first-order chi connectivity index (χ1) is 21.7. The van der Waals surface area contributed by atoms with E-state index in [0.29, 0.717) is 56.8 Å². The first-order valence-corrected chi connectivity index (χ1v) is 16.7. The number of likely N-dealkylation sites (N-methyl/N-ethyl adjacent to an activating group) is 1. The highest BCUT2D eigenvalue weighted by molar-refractivity contribution is 7.89. The summed E-state index contributed by atoms with van der Waals surface area (Å²) in [6.07, 6.45) is 0. The van der Waals surface area contributed by atoms with Crippen LogP contribution in [-0.4, -0.2) is 105 Å². The van der Waals surface area contributed by atoms with Crippen molar-refractivity contribution in [2.24, 2.45) is 0 Å². The Kier molecular flexibility index (Phi) is 10.4. The average molecular weight is 643 g/mol. The molecular weight excluding hydrogens is 600 g/mol. The summed E-state index contributed by atoms with van der Waals surface area (Å²) in [6, 6.07) is 11.4. The zero-order chi connectivity index (χ0) is 32.0. The summed E-state index contributed by atoms with van der Waals surface area (Å²) in [5.41, 5.74) is 1.33. The Hall–Kier alpha value is -3.92. The summed E-state index contributed by atoms with van der Waals surface area (Å²) >= 11 is 0. The average Bonchev–Trinajstić information content (AvgIpc) is 3.45. The highest BCUT2D eigenvalue weighted by atomic mass is 32.2. The third-order valence-electron chi connectivity index (χ3n) is 7.78. The van der Waals surface area contributed by atoms with Gasteiger partial charge in [0, 0.05) is 57.6 Å². The van der Waals surface area contributed by atoms with Crippen molar-refractivity contribution in [3.63, 3.8) is 0 Å². The van der Waals surface area contributed by atoms with E-state index in [4.69, 9.17) is 14.2 Å². The molecule has 1 atom stereocenters. The smallest absolute Gasteiger partial charge is 0.322 e. The van der Waals surface area contributed by atoms with Crippen molar-refractivity contribution < 1.29 is 27.4 Å². The van der Waals surface area contributed by atoms with Gasteiger partial charge in [-0.05, 0) is 58.2 Å². The number of urea groups is 1. The molecule has 2 saturated heterocycles. The summed E-state index contributed by atoms with van der Waals surface area (Å²) in [6.45, 7) is 11.9. The Balaban J connectivity index is 1.31. The van der Waals surface area contributed by atoms with E-state index in [-0.39, 0.29) is 22.6 Å². The van der Waals surface area contributed by atoms with E-state index < -0.39 is 16.1 Å². The molecule has 0 spiro atoms. The molecule has 0 unspecified atom stereocenters. The molecule has 3 aromatic rings. The molecule has 15 heteroatoms. The van der Waals surface area contributed by atoms with E-state index in [1.165, 1.54) is 18.2 Å². The molecular formula is C30H42N8O6S. The van der Waals surface area contributed by atoms with Gasteiger partial charge >= 0.3 is 12.0 Å². The molecule has 244 valence electrons. The molecule has 2 fully saturated rings. The van der Waals surface area contributed by atoms with Crippen LogP contribution in [0.2, 0.25) is 0 Å². The van der Waals surface area contributed by atoms with Gasteiger partial charge in [-0.25, -0.2) is 17.9 Å². The standard InChI is InChI=1S/C30H42N8O6S/c1-5-38-28(32-33-30(38)44-24-9-7-8-23(20-24)36-14-12-35(4)13-15-36)22(3)34-45(40,41)25-10-11-27(43-6-2)26(21-25)31-29(39)37-16-18-42-19-17-37/h7-11,20-22,34H,5-6,12-19H2,1-4H3,(H,31,39)/t22-/m1/s1. The van der Waals surface area contributed by atoms with E-state index in [0.717, 1.165) is 31.9 Å². The number of anilines is 2. The summed E-state index contributed by atoms with van der Waals surface area (Å²) < 4.78 is 48.6. The lowest BCUT2D eigenvalue weighted by Gasteiger charge is -2.34. The maximum absolute atomic E-state index is 13.5. The second-order valence-electron chi connectivity index (χ2n) is 10.9. The monoisotopic (exact) mass is 642 g/mol. The van der Waals surface area contributed by atoms with Crippen molar-refractivity contribution in [2.75, 3.05) is 76.4 Å². The number of amides is 2. The largest absolute Gasteiger partial charge is 0.492 e. The van der Waals surface area contributed by atoms with Gasteiger partial charge in [0.05, 0.1) is 36.4 Å². The third-order valence-corrected chi connectivity index (χ3v) is 9.32. The summed E-state index contributed by atoms with van der Waals surface area (Å²) in [7, 11) is -1.92. The lowest BCUT2D eigenvalue weighted by molar-refractivity contribution is 0.0564. The lowest BCUT2D eigenvalue weighted by Crippen LogP contribution is -2.44. The Morgan fingerprint density at radius 2 is 1.78 bits per heavy atom. The van der Waals surface area contributed by atoms with Crippen LogP contribution in [0.4, 0.5) is 16.2 Å². The Labute approximate surface area is 264 Å². The number of ether oxygens (including phenoxy) is 3. The number of morpholine rings is 1. The van der Waals surface area contributed by atoms with E-state index in [1.807, 2.05) is 32.0 Å². The van der Waals surface area contributed by atoms with Gasteiger partial charge in [0.2, 0.25) is 10.0 Å². The molecule has 2 aromatic carbocycles. The van der Waals surface area contributed by atoms with E-state index in [9.17, 15) is 13.2 Å². The number of piperazine rings is 1. The molecule has 2 N–H and O–H groups in total. The fourth-order valence-electron chi connectivity index (χ4n) is 5.28. The summed E-state index contributed by atoms with van der Waals surface area (Å²) in [4.78, 5) is 19.1. The Morgan fingerprint density at radius 3 is 2.49 bits per heavy atom. The SMILES string of the molecule is CCOc1ccc(S(=O)(=O)N[C@H](C)c2nnc(Oc3cccc(N4CCN(C)CC4)c3)n2CC)cc1NC(=O)N1CCOCC1. The van der Waals surface area contributed by atoms with Crippen LogP contribution in [0.15, 0.2) is 47.4 Å². The van der Waals surface area contributed by atoms with E-state index >= 15 is 0 Å². The number of nitrogens with zero attached hydrogens (tertiary/aromatic N) is 6. The Morgan fingerprint density at radius 1 is 1.02 bits per heavy atom. The van der Waals surface area contributed by atoms with Crippen LogP contribution in [0.5, 0.6) is 17.5 Å². The van der Waals surface area contributed by atoms with Crippen LogP contribution >= 0.6 is 0 Å². The van der Waals surface area contributed by atoms with Gasteiger partial charge in [0.25, 0.3) is 0 Å². The molecule has 2 aliphatic heterocycles. The molecule has 0 saturated carbocycles. The minimum absolute atomic E-state index is 0.0326. The fourth-order valence-corrected chi connectivity index (χ4v) is 6.50. The number of nitrogens with one attached hydrogen (secondary N) is 2. The molecule has 1 aromatic heterocycles. The first-order valence-electron chi connectivity index (χ1n) is 15.3. The van der Waals surface area contributed by atoms with Crippen molar-refractivity contribution in [3.8, 4) is 17.5 Å². The Bertz CT molecular complexity index is 1570. The van der Waals surface area contributed by atoms with Gasteiger partial charge in [0.15, 0.2) is 5.82 Å². The normalized spacial score (nSPS) is 16.8. The lowest BCUT2D eigenvalue weighted by atomic mass is 10.2. The summed E-state index contributed by atoms with van der Waals surface area (Å²) in [5, 5.41) is 11.3. The number of rotatable bonds is 11. The molecule has 2 aliphatic rings. The van der Waals surface area contributed by atoms with Crippen LogP contribution in [-0.2, 0) is 21.3 Å². The molecule has 0 bridgehead atoms. The van der Waals surface area contributed by atoms with Crippen LogP contribution < -0.4 is 24.4 Å². The number of sulfonamides is 1. The van der Waals surface area contributed by atoms with E-state index in [2.05, 4.69) is 43.2 Å². The van der Waals surface area contributed by atoms with Crippen molar-refractivity contribution in [3.05, 3.63) is 48.3 Å². The predicted molar refractivity (Wildman–Crippen MR) is 170 cm³/mol. The highest BCUT2D eigenvalue weighted by Crippen LogP contribution is 2.30. The van der Waals surface area contributed by atoms with Crippen molar-refractivity contribution >= 4 is 27.4 Å². The molecule has 0 aliphatic carbocycles. The van der Waals surface area contributed by atoms with Crippen LogP contribution in [0, 0.1) is 0 Å². The first kappa shape index (κ1) is 32.5. The predicted octanol–water partition coefficient (Wildman–Crippen LogP) is 3.14. The van der Waals surface area contributed by atoms with Gasteiger partial charge in [-0.2, -0.15) is 0 Å². The number of benzene rings is 2. The van der Waals surface area contributed by atoms with Crippen LogP contribution in [0.25, 0.3) is 0 Å². The topological polar surface area (TPSA) is 143 Å². The number of aromatic nitrogens is 3. The van der Waals surface area contributed by atoms with Crippen LogP contribution in [0.1, 0.15) is 32.6 Å². The molecule has 2 amide bonds. The van der Waals surface area contributed by atoms with Gasteiger partial charge in [-0.3, -0.25) is 4.57 Å². The molecule has 0 radical (unpaired) electrons. The number of hydrogen-bond donors (Lipinski definition) is 2. The zero-order valence-corrected chi connectivity index (χ0v) is 27.0. The quantitative estimate of drug-likeness (QED) is 0.320. The van der Waals surface area contributed by atoms with Gasteiger partial charge in [0.1, 0.15) is 11.5 Å². The number of hydrogen-bond acceptors (Lipinski definition) is 10. The van der Waals surface area contributed by atoms with E-state index in [1.54, 1.807) is 16.4 Å². The molecule has 45 heavy (non-hydrogen) atoms. The van der Waals surface area contributed by atoms with Crippen molar-refractivity contribution in [2.45, 2.75) is 38.3 Å². The summed E-state index contributed by atoms with van der Waals surface area (Å²) in [5.74, 6) is 1.39. The second-order valence-corrected chi connectivity index (χ2v) is 12.7. The van der Waals surface area contributed by atoms with Crippen molar-refractivity contribution in [1.29, 1.82) is 0 Å². The fraction of sp³-hybridized carbons (Fsp3) is 0.500. The maximum atomic E-state index is 13.5.